The van der Waals surface area contributed by atoms with Crippen LogP contribution in [0.1, 0.15) is 29.5 Å². The zero-order valence-corrected chi connectivity index (χ0v) is 15.2. The minimum atomic E-state index is 0.00277. The van der Waals surface area contributed by atoms with Crippen LogP contribution in [0.5, 0.6) is 5.75 Å². The van der Waals surface area contributed by atoms with E-state index in [0.717, 1.165) is 29.5 Å². The lowest BCUT2D eigenvalue weighted by molar-refractivity contribution is -0.115. The third-order valence-electron chi connectivity index (χ3n) is 5.32. The van der Waals surface area contributed by atoms with Gasteiger partial charge in [-0.1, -0.05) is 36.4 Å². The number of halogens is 1. The van der Waals surface area contributed by atoms with Crippen molar-refractivity contribution in [1.29, 1.82) is 0 Å². The molecule has 24 heavy (non-hydrogen) atoms. The van der Waals surface area contributed by atoms with Crippen molar-refractivity contribution < 1.29 is 9.53 Å². The van der Waals surface area contributed by atoms with E-state index in [9.17, 15) is 4.79 Å². The smallest absolute Gasteiger partial charge is 0.170 e. The largest absolute Gasteiger partial charge is 0.497 e. The van der Waals surface area contributed by atoms with E-state index in [0.29, 0.717) is 6.42 Å². The Labute approximate surface area is 150 Å². The Bertz CT molecular complexity index is 838. The van der Waals surface area contributed by atoms with E-state index in [-0.39, 0.29) is 11.2 Å². The molecule has 0 radical (unpaired) electrons. The van der Waals surface area contributed by atoms with Crippen LogP contribution < -0.4 is 4.74 Å². The molecule has 4 rings (SSSR count). The van der Waals surface area contributed by atoms with Crippen LogP contribution in [0.4, 0.5) is 0 Å². The molecule has 0 N–H and O–H groups in total. The molecule has 122 valence electrons. The van der Waals surface area contributed by atoms with Crippen molar-refractivity contribution in [3.63, 3.8) is 0 Å². The summed E-state index contributed by atoms with van der Waals surface area (Å²) >= 11 is 3.61. The van der Waals surface area contributed by atoms with Crippen molar-refractivity contribution in [3.8, 4) is 5.75 Å². The first-order valence-electron chi connectivity index (χ1n) is 8.28. The molecule has 3 heteroatoms. The van der Waals surface area contributed by atoms with E-state index in [2.05, 4.69) is 52.3 Å². The minimum Gasteiger partial charge on any atom is -0.497 e. The zero-order chi connectivity index (χ0) is 16.7. The van der Waals surface area contributed by atoms with Gasteiger partial charge in [-0.2, -0.15) is 0 Å². The summed E-state index contributed by atoms with van der Waals surface area (Å²) in [5, 5.41) is 0. The van der Waals surface area contributed by atoms with Crippen molar-refractivity contribution >= 4 is 27.3 Å². The van der Waals surface area contributed by atoms with Crippen LogP contribution in [0.15, 0.2) is 53.0 Å². The maximum atomic E-state index is 12.3. The Morgan fingerprint density at radius 2 is 1.96 bits per heavy atom. The van der Waals surface area contributed by atoms with Gasteiger partial charge < -0.3 is 4.74 Å². The summed E-state index contributed by atoms with van der Waals surface area (Å²) in [5.41, 5.74) is 5.01. The minimum absolute atomic E-state index is 0.00277. The second-order valence-corrected chi connectivity index (χ2v) is 7.55. The molecule has 0 aromatic heterocycles. The van der Waals surface area contributed by atoms with E-state index in [1.54, 1.807) is 7.11 Å². The monoisotopic (exact) mass is 382 g/mol. The van der Waals surface area contributed by atoms with Gasteiger partial charge in [-0.15, -0.1) is 0 Å². The van der Waals surface area contributed by atoms with Gasteiger partial charge in [0.05, 0.1) is 11.6 Å². The summed E-state index contributed by atoms with van der Waals surface area (Å²) in [6.07, 6.45) is 3.44. The fraction of sp³-hybridized carbons (Fsp3) is 0.286. The fourth-order valence-corrected chi connectivity index (χ4v) is 5.05. The Hall–Kier alpha value is -1.87. The van der Waals surface area contributed by atoms with E-state index in [1.165, 1.54) is 22.3 Å². The normalized spacial score (nSPS) is 22.3. The number of rotatable bonds is 3. The molecule has 1 atom stereocenters. The Morgan fingerprint density at radius 3 is 2.71 bits per heavy atom. The van der Waals surface area contributed by atoms with Crippen molar-refractivity contribution in [2.24, 2.45) is 5.41 Å². The highest BCUT2D eigenvalue weighted by molar-refractivity contribution is 9.12. The van der Waals surface area contributed by atoms with Gasteiger partial charge >= 0.3 is 0 Å². The molecule has 0 amide bonds. The average Bonchev–Trinajstić information content (AvgIpc) is 2.93. The van der Waals surface area contributed by atoms with Gasteiger partial charge in [-0.25, -0.2) is 0 Å². The van der Waals surface area contributed by atoms with Gasteiger partial charge in [0.15, 0.2) is 5.78 Å². The molecule has 2 aromatic rings. The van der Waals surface area contributed by atoms with E-state index in [4.69, 9.17) is 4.74 Å². The molecule has 0 fully saturated rings. The number of carbonyl (C=O) groups excluding carboxylic acids is 1. The topological polar surface area (TPSA) is 26.3 Å². The van der Waals surface area contributed by atoms with Crippen LogP contribution in [-0.2, 0) is 17.6 Å². The molecule has 2 aromatic carbocycles. The number of fused-ring (bicyclic) bond motifs is 3. The zero-order valence-electron chi connectivity index (χ0n) is 13.6. The number of carbonyl (C=O) groups is 1. The van der Waals surface area contributed by atoms with Gasteiger partial charge in [-0.05, 0) is 69.6 Å². The number of allylic oxidation sites excluding steroid dienone is 2. The molecule has 0 aliphatic heterocycles. The van der Waals surface area contributed by atoms with Crippen LogP contribution in [0.3, 0.4) is 0 Å². The summed E-state index contributed by atoms with van der Waals surface area (Å²) in [7, 11) is 1.70. The van der Waals surface area contributed by atoms with Crippen LogP contribution in [-0.4, -0.2) is 12.9 Å². The molecule has 0 saturated heterocycles. The standard InChI is InChI=1S/C21H19BrO2/c1-24-16-7-8-17-15(11-16)13-21(12-14-5-3-2-4-6-14)10-9-18(23)20(22)19(17)21/h2-8,11H,9-10,12-13H2,1H3. The van der Waals surface area contributed by atoms with E-state index in [1.807, 2.05) is 12.1 Å². The van der Waals surface area contributed by atoms with Crippen LogP contribution in [0.2, 0.25) is 0 Å². The van der Waals surface area contributed by atoms with Crippen molar-refractivity contribution in [2.75, 3.05) is 7.11 Å². The first kappa shape index (κ1) is 15.6. The predicted molar refractivity (Wildman–Crippen MR) is 99.4 cm³/mol. The molecule has 1 unspecified atom stereocenters. The van der Waals surface area contributed by atoms with Gasteiger partial charge in [-0.3, -0.25) is 4.79 Å². The highest BCUT2D eigenvalue weighted by Crippen LogP contribution is 2.56. The lowest BCUT2D eigenvalue weighted by Crippen LogP contribution is -2.29. The lowest BCUT2D eigenvalue weighted by Gasteiger charge is -2.35. The molecule has 2 aliphatic rings. The molecule has 0 bridgehead atoms. The second kappa shape index (κ2) is 5.89. The number of Topliss-reactive ketones (excluding diaryl/α,β-unsaturated/α-hetero) is 1. The number of ether oxygens (including phenoxy) is 1. The van der Waals surface area contributed by atoms with Crippen molar-refractivity contribution in [1.82, 2.24) is 0 Å². The Kier molecular flexibility index (Phi) is 3.84. The third kappa shape index (κ3) is 2.42. The summed E-state index contributed by atoms with van der Waals surface area (Å²) in [5.74, 6) is 1.10. The molecule has 0 saturated carbocycles. The molecule has 2 aliphatic carbocycles. The third-order valence-corrected chi connectivity index (χ3v) is 6.16. The number of methoxy groups -OCH3 is 1. The fourth-order valence-electron chi connectivity index (χ4n) is 4.22. The summed E-state index contributed by atoms with van der Waals surface area (Å²) in [6.45, 7) is 0. The first-order chi connectivity index (χ1) is 11.6. The highest BCUT2D eigenvalue weighted by Gasteiger charge is 2.46. The number of benzene rings is 2. The highest BCUT2D eigenvalue weighted by atomic mass is 79.9. The lowest BCUT2D eigenvalue weighted by atomic mass is 9.69. The van der Waals surface area contributed by atoms with Crippen LogP contribution in [0.25, 0.3) is 5.57 Å². The van der Waals surface area contributed by atoms with E-state index >= 15 is 0 Å². The first-order valence-corrected chi connectivity index (χ1v) is 9.07. The molecule has 0 heterocycles. The number of hydrogen-bond donors (Lipinski definition) is 0. The van der Waals surface area contributed by atoms with Gasteiger partial charge in [0.1, 0.15) is 5.75 Å². The van der Waals surface area contributed by atoms with E-state index < -0.39 is 0 Å². The average molecular weight is 383 g/mol. The SMILES string of the molecule is COc1ccc2c(c1)CC1(Cc3ccccc3)CCC(=O)C(Br)=C21. The second-order valence-electron chi connectivity index (χ2n) is 6.75. The van der Waals surface area contributed by atoms with Gasteiger partial charge in [0, 0.05) is 11.8 Å². The number of ketones is 1. The molecular formula is C21H19BrO2. The van der Waals surface area contributed by atoms with Crippen LogP contribution >= 0.6 is 15.9 Å². The summed E-state index contributed by atoms with van der Waals surface area (Å²) in [6, 6.07) is 16.8. The maximum absolute atomic E-state index is 12.3. The Balaban J connectivity index is 1.85. The van der Waals surface area contributed by atoms with Crippen LogP contribution in [0, 0.1) is 5.41 Å². The summed E-state index contributed by atoms with van der Waals surface area (Å²) in [4.78, 5) is 12.3. The molecule has 0 spiro atoms. The molecular weight excluding hydrogens is 364 g/mol. The Morgan fingerprint density at radius 1 is 1.17 bits per heavy atom. The summed E-state index contributed by atoms with van der Waals surface area (Å²) < 4.78 is 6.17. The maximum Gasteiger partial charge on any atom is 0.170 e. The van der Waals surface area contributed by atoms with Gasteiger partial charge in [0.2, 0.25) is 0 Å². The number of hydrogen-bond acceptors (Lipinski definition) is 2. The predicted octanol–water partition coefficient (Wildman–Crippen LogP) is 4.95. The van der Waals surface area contributed by atoms with Crippen molar-refractivity contribution in [2.45, 2.75) is 25.7 Å². The molecule has 2 nitrogen and oxygen atoms in total. The quantitative estimate of drug-likeness (QED) is 0.750. The van der Waals surface area contributed by atoms with Gasteiger partial charge in [0.25, 0.3) is 0 Å². The van der Waals surface area contributed by atoms with Crippen molar-refractivity contribution in [3.05, 3.63) is 69.7 Å².